The van der Waals surface area contributed by atoms with Crippen LogP contribution >= 0.6 is 0 Å². The molecule has 0 fully saturated rings. The Kier molecular flexibility index (Phi) is 3.61. The summed E-state index contributed by atoms with van der Waals surface area (Å²) >= 11 is 0. The van der Waals surface area contributed by atoms with Gasteiger partial charge in [-0.1, -0.05) is 18.2 Å². The molecule has 0 spiro atoms. The summed E-state index contributed by atoms with van der Waals surface area (Å²) in [4.78, 5) is 27.0. The van der Waals surface area contributed by atoms with Crippen LogP contribution in [0.1, 0.15) is 40.4 Å². The van der Waals surface area contributed by atoms with Gasteiger partial charge in [0, 0.05) is 34.5 Å². The van der Waals surface area contributed by atoms with Crippen LogP contribution in [0.15, 0.2) is 18.2 Å². The van der Waals surface area contributed by atoms with E-state index in [0.29, 0.717) is 12.2 Å². The van der Waals surface area contributed by atoms with Crippen LogP contribution in [0, 0.1) is 20.8 Å². The molecule has 26 heavy (non-hydrogen) atoms. The number of para-hydroxylation sites is 1. The van der Waals surface area contributed by atoms with Crippen molar-refractivity contribution in [3.05, 3.63) is 46.3 Å². The highest BCUT2D eigenvalue weighted by atomic mass is 16.4. The minimum Gasteiger partial charge on any atom is -0.480 e. The Morgan fingerprint density at radius 3 is 2.81 bits per heavy atom. The molecule has 1 aliphatic heterocycles. The monoisotopic (exact) mass is 352 g/mol. The number of fused-ring (bicyclic) bond motifs is 2. The van der Waals surface area contributed by atoms with E-state index in [-0.39, 0.29) is 18.4 Å². The van der Waals surface area contributed by atoms with E-state index in [1.807, 2.05) is 13.0 Å². The third kappa shape index (κ3) is 2.39. The number of anilines is 1. The van der Waals surface area contributed by atoms with Gasteiger partial charge in [-0.05, 0) is 31.9 Å². The van der Waals surface area contributed by atoms with E-state index in [9.17, 15) is 9.59 Å². The SMILES string of the molecule is Cc1nn(CC(=O)O)c2c1C(c1[nH]c3c(C)cccc3c1C)CC(=O)N2. The van der Waals surface area contributed by atoms with Crippen molar-refractivity contribution in [2.45, 2.75) is 39.7 Å². The zero-order valence-electron chi connectivity index (χ0n) is 14.9. The number of aliphatic carboxylic acids is 1. The Labute approximate surface area is 150 Å². The number of carbonyl (C=O) groups is 2. The first-order valence-electron chi connectivity index (χ1n) is 8.53. The van der Waals surface area contributed by atoms with Gasteiger partial charge < -0.3 is 15.4 Å². The van der Waals surface area contributed by atoms with Gasteiger partial charge in [-0.25, -0.2) is 4.68 Å². The zero-order valence-corrected chi connectivity index (χ0v) is 14.9. The number of amides is 1. The zero-order chi connectivity index (χ0) is 18.6. The van der Waals surface area contributed by atoms with Crippen LogP contribution in [0.2, 0.25) is 0 Å². The number of nitrogens with one attached hydrogen (secondary N) is 2. The van der Waals surface area contributed by atoms with E-state index in [1.165, 1.54) is 4.68 Å². The normalized spacial score (nSPS) is 16.6. The van der Waals surface area contributed by atoms with Gasteiger partial charge in [0.25, 0.3) is 0 Å². The van der Waals surface area contributed by atoms with Crippen molar-refractivity contribution in [1.29, 1.82) is 0 Å². The smallest absolute Gasteiger partial charge is 0.325 e. The Bertz CT molecular complexity index is 1060. The second-order valence-electron chi connectivity index (χ2n) is 6.87. The Hall–Kier alpha value is -3.09. The highest BCUT2D eigenvalue weighted by Gasteiger charge is 2.34. The molecule has 0 saturated heterocycles. The predicted octanol–water partition coefficient (Wildman–Crippen LogP) is 2.85. The summed E-state index contributed by atoms with van der Waals surface area (Å²) < 4.78 is 1.36. The molecule has 3 aromatic rings. The maximum atomic E-state index is 12.3. The van der Waals surface area contributed by atoms with Gasteiger partial charge in [0.15, 0.2) is 0 Å². The molecule has 3 N–H and O–H groups in total. The van der Waals surface area contributed by atoms with Crippen LogP contribution < -0.4 is 5.32 Å². The van der Waals surface area contributed by atoms with Crippen molar-refractivity contribution in [3.8, 4) is 0 Å². The molecule has 0 bridgehead atoms. The quantitative estimate of drug-likeness (QED) is 0.675. The number of nitrogens with zero attached hydrogens (tertiary/aromatic N) is 2. The van der Waals surface area contributed by atoms with E-state index in [1.54, 1.807) is 0 Å². The molecule has 2 aromatic heterocycles. The Morgan fingerprint density at radius 1 is 1.35 bits per heavy atom. The predicted molar refractivity (Wildman–Crippen MR) is 97.5 cm³/mol. The number of benzene rings is 1. The van der Waals surface area contributed by atoms with Crippen molar-refractivity contribution in [2.24, 2.45) is 0 Å². The van der Waals surface area contributed by atoms with Crippen LogP contribution in [0.25, 0.3) is 10.9 Å². The summed E-state index contributed by atoms with van der Waals surface area (Å²) in [6.07, 6.45) is 0.305. The van der Waals surface area contributed by atoms with Gasteiger partial charge in [-0.15, -0.1) is 0 Å². The van der Waals surface area contributed by atoms with E-state index in [0.717, 1.165) is 39.0 Å². The van der Waals surface area contributed by atoms with Gasteiger partial charge in [-0.2, -0.15) is 5.10 Å². The number of hydrogen-bond acceptors (Lipinski definition) is 3. The maximum Gasteiger partial charge on any atom is 0.325 e. The second-order valence-corrected chi connectivity index (χ2v) is 6.87. The lowest BCUT2D eigenvalue weighted by Crippen LogP contribution is -2.26. The standard InChI is InChI=1S/C19H20N4O3/c1-9-5-4-6-12-10(2)18(21-17(9)12)13-7-14(24)20-19-16(13)11(3)22-23(19)8-15(25)26/h4-6,13,21H,7-8H2,1-3H3,(H,20,24)(H,25,26). The molecule has 7 heteroatoms. The average molecular weight is 352 g/mol. The second kappa shape index (κ2) is 5.72. The first-order chi connectivity index (χ1) is 12.4. The fraction of sp³-hybridized carbons (Fsp3) is 0.316. The van der Waals surface area contributed by atoms with Crippen molar-refractivity contribution >= 4 is 28.6 Å². The summed E-state index contributed by atoms with van der Waals surface area (Å²) in [7, 11) is 0. The molecule has 7 nitrogen and oxygen atoms in total. The lowest BCUT2D eigenvalue weighted by Gasteiger charge is -2.24. The summed E-state index contributed by atoms with van der Waals surface area (Å²) in [5.41, 5.74) is 5.95. The molecule has 0 aliphatic carbocycles. The topological polar surface area (TPSA) is 100 Å². The molecule has 1 amide bonds. The molecular weight excluding hydrogens is 332 g/mol. The molecule has 4 rings (SSSR count). The number of carboxylic acids is 1. The van der Waals surface area contributed by atoms with Crippen LogP contribution in [-0.2, 0) is 16.1 Å². The largest absolute Gasteiger partial charge is 0.480 e. The highest BCUT2D eigenvalue weighted by Crippen LogP contribution is 2.41. The Balaban J connectivity index is 1.91. The molecular formula is C19H20N4O3. The van der Waals surface area contributed by atoms with E-state index >= 15 is 0 Å². The van der Waals surface area contributed by atoms with Gasteiger partial charge in [-0.3, -0.25) is 9.59 Å². The molecule has 1 aromatic carbocycles. The van der Waals surface area contributed by atoms with Gasteiger partial charge >= 0.3 is 5.97 Å². The first-order valence-corrected chi connectivity index (χ1v) is 8.53. The van der Waals surface area contributed by atoms with E-state index in [4.69, 9.17) is 5.11 Å². The molecule has 3 heterocycles. The minimum atomic E-state index is -0.996. The van der Waals surface area contributed by atoms with Crippen LogP contribution in [-0.4, -0.2) is 31.7 Å². The number of hydrogen-bond donors (Lipinski definition) is 3. The highest BCUT2D eigenvalue weighted by molar-refractivity contribution is 5.95. The fourth-order valence-corrected chi connectivity index (χ4v) is 3.97. The van der Waals surface area contributed by atoms with Crippen LogP contribution in [0.3, 0.4) is 0 Å². The molecule has 0 saturated carbocycles. The molecule has 1 aliphatic rings. The number of aromatic nitrogens is 3. The molecule has 0 radical (unpaired) electrons. The third-order valence-electron chi connectivity index (χ3n) is 5.14. The minimum absolute atomic E-state index is 0.135. The number of carboxylic acid groups (broad SMARTS) is 1. The molecule has 134 valence electrons. The Morgan fingerprint density at radius 2 is 2.12 bits per heavy atom. The van der Waals surface area contributed by atoms with Gasteiger partial charge in [0.05, 0.1) is 5.69 Å². The van der Waals surface area contributed by atoms with E-state index in [2.05, 4.69) is 41.4 Å². The summed E-state index contributed by atoms with van der Waals surface area (Å²) in [6, 6.07) is 6.15. The van der Waals surface area contributed by atoms with Crippen molar-refractivity contribution in [1.82, 2.24) is 14.8 Å². The number of H-pyrrole nitrogens is 1. The van der Waals surface area contributed by atoms with Gasteiger partial charge in [0.2, 0.25) is 5.91 Å². The number of aromatic amines is 1. The maximum absolute atomic E-state index is 12.3. The first kappa shape index (κ1) is 16.4. The average Bonchev–Trinajstić information content (AvgIpc) is 3.06. The number of aryl methyl sites for hydroxylation is 3. The lowest BCUT2D eigenvalue weighted by atomic mass is 9.87. The van der Waals surface area contributed by atoms with Crippen LogP contribution in [0.5, 0.6) is 0 Å². The third-order valence-corrected chi connectivity index (χ3v) is 5.14. The molecule has 1 atom stereocenters. The van der Waals surface area contributed by atoms with Gasteiger partial charge in [0.1, 0.15) is 12.4 Å². The summed E-state index contributed by atoms with van der Waals surface area (Å²) in [5.74, 6) is -0.818. The van der Waals surface area contributed by atoms with Crippen molar-refractivity contribution in [2.75, 3.05) is 5.32 Å². The lowest BCUT2D eigenvalue weighted by molar-refractivity contribution is -0.137. The van der Waals surface area contributed by atoms with E-state index < -0.39 is 5.97 Å². The van der Waals surface area contributed by atoms with Crippen molar-refractivity contribution in [3.63, 3.8) is 0 Å². The number of carbonyl (C=O) groups excluding carboxylic acids is 1. The number of rotatable bonds is 3. The summed E-state index contributed by atoms with van der Waals surface area (Å²) in [5, 5.41) is 17.4. The summed E-state index contributed by atoms with van der Waals surface area (Å²) in [6.45, 7) is 5.67. The molecule has 1 unspecified atom stereocenters. The van der Waals surface area contributed by atoms with Crippen molar-refractivity contribution < 1.29 is 14.7 Å². The fourth-order valence-electron chi connectivity index (χ4n) is 3.97. The van der Waals surface area contributed by atoms with Crippen LogP contribution in [0.4, 0.5) is 5.82 Å².